The van der Waals surface area contributed by atoms with Crippen molar-refractivity contribution in [2.75, 3.05) is 27.2 Å². The molecule has 3 nitrogen and oxygen atoms in total. The van der Waals surface area contributed by atoms with E-state index >= 15 is 0 Å². The van der Waals surface area contributed by atoms with Crippen molar-refractivity contribution in [3.63, 3.8) is 0 Å². The maximum atomic E-state index is 11.8. The van der Waals surface area contributed by atoms with Crippen LogP contribution in [-0.4, -0.2) is 48.9 Å². The zero-order valence-corrected chi connectivity index (χ0v) is 9.79. The first-order valence-electron chi connectivity index (χ1n) is 5.47. The summed E-state index contributed by atoms with van der Waals surface area (Å²) in [5.41, 5.74) is 0. The maximum absolute atomic E-state index is 11.8. The summed E-state index contributed by atoms with van der Waals surface area (Å²) in [5.74, 6) is 0.451. The van der Waals surface area contributed by atoms with Crippen LogP contribution in [-0.2, 0) is 4.79 Å². The number of carbonyl (C=O) groups is 1. The quantitative estimate of drug-likeness (QED) is 0.680. The molecule has 0 radical (unpaired) electrons. The Bertz CT molecular complexity index is 201. The Morgan fingerprint density at radius 3 is 2.64 bits per heavy atom. The summed E-state index contributed by atoms with van der Waals surface area (Å²) in [6.07, 6.45) is 2.33. The van der Waals surface area contributed by atoms with Gasteiger partial charge in [0.25, 0.3) is 0 Å². The van der Waals surface area contributed by atoms with E-state index in [1.54, 1.807) is 0 Å². The van der Waals surface area contributed by atoms with Gasteiger partial charge < -0.3 is 9.80 Å². The molecule has 1 saturated heterocycles. The molecule has 1 fully saturated rings. The molecule has 0 aromatic carbocycles. The fourth-order valence-electron chi connectivity index (χ4n) is 2.07. The number of hydrogen-bond acceptors (Lipinski definition) is 2. The van der Waals surface area contributed by atoms with Crippen LogP contribution in [0.15, 0.2) is 0 Å². The number of likely N-dealkylation sites (N-methyl/N-ethyl adjacent to an activating group) is 1. The van der Waals surface area contributed by atoms with Crippen molar-refractivity contribution in [1.82, 2.24) is 9.80 Å². The van der Waals surface area contributed by atoms with Gasteiger partial charge in [-0.25, -0.2) is 0 Å². The summed E-state index contributed by atoms with van der Waals surface area (Å²) < 4.78 is 0. The predicted molar refractivity (Wildman–Crippen MR) is 58.1 cm³/mol. The average molecular weight is 198 g/mol. The highest BCUT2D eigenvalue weighted by atomic mass is 16.2. The lowest BCUT2D eigenvalue weighted by Crippen LogP contribution is -2.43. The van der Waals surface area contributed by atoms with Gasteiger partial charge in [-0.2, -0.15) is 0 Å². The summed E-state index contributed by atoms with van der Waals surface area (Å²) in [4.78, 5) is 16.1. The van der Waals surface area contributed by atoms with Gasteiger partial charge in [-0.15, -0.1) is 0 Å². The normalized spacial score (nSPS) is 22.4. The minimum Gasteiger partial charge on any atom is -0.338 e. The molecule has 82 valence electrons. The monoisotopic (exact) mass is 198 g/mol. The minimum atomic E-state index is 0.137. The van der Waals surface area contributed by atoms with Gasteiger partial charge in [0.15, 0.2) is 0 Å². The molecule has 0 aliphatic carbocycles. The molecule has 0 aromatic heterocycles. The molecule has 0 spiro atoms. The first-order chi connectivity index (χ1) is 6.52. The molecule has 1 aliphatic heterocycles. The number of carbonyl (C=O) groups excluding carboxylic acids is 1. The molecule has 0 bridgehead atoms. The third-order valence-corrected chi connectivity index (χ3v) is 2.73. The first kappa shape index (κ1) is 11.5. The van der Waals surface area contributed by atoms with E-state index in [2.05, 4.69) is 23.9 Å². The molecule has 1 heterocycles. The minimum absolute atomic E-state index is 0.137. The van der Waals surface area contributed by atoms with Crippen LogP contribution in [0.2, 0.25) is 0 Å². The summed E-state index contributed by atoms with van der Waals surface area (Å²) in [5, 5.41) is 0. The third-order valence-electron chi connectivity index (χ3n) is 2.73. The molecule has 0 aromatic rings. The van der Waals surface area contributed by atoms with Gasteiger partial charge in [-0.1, -0.05) is 13.8 Å². The molecular formula is C11H22N2O. The summed E-state index contributed by atoms with van der Waals surface area (Å²) in [6, 6.07) is 0.444. The van der Waals surface area contributed by atoms with E-state index in [1.807, 2.05) is 13.8 Å². The van der Waals surface area contributed by atoms with E-state index in [9.17, 15) is 4.79 Å². The van der Waals surface area contributed by atoms with Gasteiger partial charge in [-0.3, -0.25) is 4.79 Å². The Balaban J connectivity index is 2.55. The van der Waals surface area contributed by atoms with Crippen molar-refractivity contribution in [3.8, 4) is 0 Å². The second-order valence-corrected chi connectivity index (χ2v) is 4.74. The van der Waals surface area contributed by atoms with E-state index in [0.29, 0.717) is 11.9 Å². The smallest absolute Gasteiger partial charge is 0.225 e. The molecule has 1 amide bonds. The Kier molecular flexibility index (Phi) is 3.93. The van der Waals surface area contributed by atoms with Crippen LogP contribution in [0.25, 0.3) is 0 Å². The van der Waals surface area contributed by atoms with Crippen molar-refractivity contribution >= 4 is 5.91 Å². The van der Waals surface area contributed by atoms with Crippen LogP contribution in [0.1, 0.15) is 26.7 Å². The molecule has 1 aliphatic rings. The zero-order valence-electron chi connectivity index (χ0n) is 9.79. The van der Waals surface area contributed by atoms with E-state index < -0.39 is 0 Å². The largest absolute Gasteiger partial charge is 0.338 e. The van der Waals surface area contributed by atoms with Gasteiger partial charge in [-0.05, 0) is 26.9 Å². The molecule has 0 saturated carbocycles. The van der Waals surface area contributed by atoms with Crippen LogP contribution in [0, 0.1) is 5.92 Å². The lowest BCUT2D eigenvalue weighted by atomic mass is 10.1. The number of hydrogen-bond donors (Lipinski definition) is 0. The van der Waals surface area contributed by atoms with E-state index in [4.69, 9.17) is 0 Å². The van der Waals surface area contributed by atoms with Gasteiger partial charge in [0.05, 0.1) is 0 Å². The Morgan fingerprint density at radius 2 is 2.14 bits per heavy atom. The second-order valence-electron chi connectivity index (χ2n) is 4.74. The zero-order chi connectivity index (χ0) is 10.7. The highest BCUT2D eigenvalue weighted by Crippen LogP contribution is 2.19. The molecule has 0 N–H and O–H groups in total. The van der Waals surface area contributed by atoms with E-state index in [1.165, 1.54) is 0 Å². The van der Waals surface area contributed by atoms with Crippen LogP contribution in [0.5, 0.6) is 0 Å². The molecule has 3 heteroatoms. The molecule has 1 rings (SSSR count). The number of nitrogens with zero attached hydrogens (tertiary/aromatic N) is 2. The standard InChI is InChI=1S/C11H22N2O/c1-9(2)11(14)13-7-5-6-10(13)8-12(3)4/h9-10H,5-8H2,1-4H3. The molecule has 1 unspecified atom stereocenters. The molecule has 1 atom stereocenters. The summed E-state index contributed by atoms with van der Waals surface area (Å²) >= 11 is 0. The summed E-state index contributed by atoms with van der Waals surface area (Å²) in [6.45, 7) is 5.91. The number of likely N-dealkylation sites (tertiary alicyclic amines) is 1. The Hall–Kier alpha value is -0.570. The van der Waals surface area contributed by atoms with Crippen LogP contribution < -0.4 is 0 Å². The van der Waals surface area contributed by atoms with Crippen LogP contribution in [0.4, 0.5) is 0 Å². The predicted octanol–water partition coefficient (Wildman–Crippen LogP) is 1.20. The number of rotatable bonds is 3. The SMILES string of the molecule is CC(C)C(=O)N1CCCC1CN(C)C. The van der Waals surface area contributed by atoms with Crippen molar-refractivity contribution in [3.05, 3.63) is 0 Å². The molecule has 14 heavy (non-hydrogen) atoms. The highest BCUT2D eigenvalue weighted by molar-refractivity contribution is 5.78. The van der Waals surface area contributed by atoms with Crippen molar-refractivity contribution < 1.29 is 4.79 Å². The molecular weight excluding hydrogens is 176 g/mol. The van der Waals surface area contributed by atoms with Crippen molar-refractivity contribution in [2.24, 2.45) is 5.92 Å². The number of amides is 1. The highest BCUT2D eigenvalue weighted by Gasteiger charge is 2.29. The van der Waals surface area contributed by atoms with Gasteiger partial charge >= 0.3 is 0 Å². The maximum Gasteiger partial charge on any atom is 0.225 e. The average Bonchev–Trinajstić information content (AvgIpc) is 2.49. The van der Waals surface area contributed by atoms with Crippen LogP contribution in [0.3, 0.4) is 0 Å². The van der Waals surface area contributed by atoms with Gasteiger partial charge in [0, 0.05) is 25.0 Å². The van der Waals surface area contributed by atoms with Gasteiger partial charge in [0.2, 0.25) is 5.91 Å². The fourth-order valence-corrected chi connectivity index (χ4v) is 2.07. The van der Waals surface area contributed by atoms with Crippen molar-refractivity contribution in [2.45, 2.75) is 32.7 Å². The Labute approximate surface area is 87.1 Å². The topological polar surface area (TPSA) is 23.6 Å². The Morgan fingerprint density at radius 1 is 1.50 bits per heavy atom. The summed E-state index contributed by atoms with van der Waals surface area (Å²) in [7, 11) is 4.13. The fraction of sp³-hybridized carbons (Fsp3) is 0.909. The lowest BCUT2D eigenvalue weighted by molar-refractivity contribution is -0.135. The van der Waals surface area contributed by atoms with E-state index in [0.717, 1.165) is 25.9 Å². The van der Waals surface area contributed by atoms with Gasteiger partial charge in [0.1, 0.15) is 0 Å². The lowest BCUT2D eigenvalue weighted by Gasteiger charge is -2.28. The third kappa shape index (κ3) is 2.71. The second kappa shape index (κ2) is 4.78. The van der Waals surface area contributed by atoms with E-state index in [-0.39, 0.29) is 5.92 Å². The first-order valence-corrected chi connectivity index (χ1v) is 5.47. The van der Waals surface area contributed by atoms with Crippen molar-refractivity contribution in [1.29, 1.82) is 0 Å². The van der Waals surface area contributed by atoms with Crippen LogP contribution >= 0.6 is 0 Å².